The van der Waals surface area contributed by atoms with E-state index in [-0.39, 0.29) is 18.1 Å². The van der Waals surface area contributed by atoms with Crippen molar-refractivity contribution in [3.05, 3.63) is 42.5 Å². The Morgan fingerprint density at radius 1 is 1.45 bits per heavy atom. The molecule has 0 saturated carbocycles. The van der Waals surface area contributed by atoms with E-state index in [0.717, 1.165) is 5.69 Å². The number of aromatic nitrogens is 3. The van der Waals surface area contributed by atoms with Crippen LogP contribution >= 0.6 is 0 Å². The molecule has 116 valence electrons. The number of methoxy groups -OCH3 is 1. The van der Waals surface area contributed by atoms with E-state index in [4.69, 9.17) is 4.74 Å². The van der Waals surface area contributed by atoms with Crippen LogP contribution in [0.3, 0.4) is 0 Å². The molecule has 1 aliphatic rings. The first-order chi connectivity index (χ1) is 10.8. The summed E-state index contributed by atoms with van der Waals surface area (Å²) in [5, 5.41) is 14.1. The summed E-state index contributed by atoms with van der Waals surface area (Å²) in [6.07, 6.45) is 2.43. The van der Waals surface area contributed by atoms with E-state index in [2.05, 4.69) is 20.8 Å². The summed E-state index contributed by atoms with van der Waals surface area (Å²) in [4.78, 5) is 12.2. The molecule has 1 aliphatic heterocycles. The number of nitrogens with zero attached hydrogens (tertiary/aromatic N) is 3. The van der Waals surface area contributed by atoms with Crippen molar-refractivity contribution >= 4 is 5.91 Å². The maximum absolute atomic E-state index is 12.2. The number of para-hydroxylation sites is 1. The lowest BCUT2D eigenvalue weighted by atomic mass is 10.2. The van der Waals surface area contributed by atoms with Crippen LogP contribution in [-0.4, -0.2) is 46.5 Å². The van der Waals surface area contributed by atoms with E-state index in [1.807, 2.05) is 34.9 Å². The maximum Gasteiger partial charge on any atom is 0.237 e. The zero-order valence-corrected chi connectivity index (χ0v) is 12.4. The number of carbonyl (C=O) groups is 1. The summed E-state index contributed by atoms with van der Waals surface area (Å²) < 4.78 is 7.11. The molecule has 0 radical (unpaired) electrons. The average molecular weight is 301 g/mol. The highest BCUT2D eigenvalue weighted by Crippen LogP contribution is 2.11. The number of hydrogen-bond acceptors (Lipinski definition) is 5. The topological polar surface area (TPSA) is 81.1 Å². The lowest BCUT2D eigenvalue weighted by Gasteiger charge is -2.12. The van der Waals surface area contributed by atoms with Gasteiger partial charge in [-0.25, -0.2) is 0 Å². The molecular formula is C15H19N5O2. The molecule has 1 aromatic heterocycles. The normalized spacial score (nSPS) is 21.0. The minimum Gasteiger partial charge on any atom is -0.380 e. The molecule has 7 nitrogen and oxygen atoms in total. The predicted molar refractivity (Wildman–Crippen MR) is 80.4 cm³/mol. The lowest BCUT2D eigenvalue weighted by Crippen LogP contribution is -2.40. The summed E-state index contributed by atoms with van der Waals surface area (Å²) in [7, 11) is 1.66. The SMILES string of the molecule is CO[C@@H]1CN[C@@H](C(=O)NCc2nncn2-c2ccccc2)C1. The van der Waals surface area contributed by atoms with Crippen molar-refractivity contribution < 1.29 is 9.53 Å². The zero-order chi connectivity index (χ0) is 15.4. The van der Waals surface area contributed by atoms with Gasteiger partial charge in [-0.05, 0) is 18.6 Å². The van der Waals surface area contributed by atoms with Gasteiger partial charge in [0.2, 0.25) is 5.91 Å². The van der Waals surface area contributed by atoms with Crippen LogP contribution in [0.5, 0.6) is 0 Å². The first-order valence-electron chi connectivity index (χ1n) is 7.26. The molecule has 2 atom stereocenters. The number of ether oxygens (including phenoxy) is 1. The largest absolute Gasteiger partial charge is 0.380 e. The van der Waals surface area contributed by atoms with E-state index in [1.165, 1.54) is 0 Å². The smallest absolute Gasteiger partial charge is 0.237 e. The second-order valence-electron chi connectivity index (χ2n) is 5.22. The monoisotopic (exact) mass is 301 g/mol. The average Bonchev–Trinajstić information content (AvgIpc) is 3.22. The fourth-order valence-corrected chi connectivity index (χ4v) is 2.56. The predicted octanol–water partition coefficient (Wildman–Crippen LogP) is 0.260. The molecule has 1 aromatic carbocycles. The summed E-state index contributed by atoms with van der Waals surface area (Å²) in [5.41, 5.74) is 0.968. The number of rotatable bonds is 5. The first kappa shape index (κ1) is 14.7. The minimum atomic E-state index is -0.210. The Morgan fingerprint density at radius 3 is 3.00 bits per heavy atom. The Kier molecular flexibility index (Phi) is 4.45. The van der Waals surface area contributed by atoms with Crippen LogP contribution in [0.15, 0.2) is 36.7 Å². The van der Waals surface area contributed by atoms with E-state index in [0.29, 0.717) is 25.3 Å². The van der Waals surface area contributed by atoms with Crippen molar-refractivity contribution in [2.24, 2.45) is 0 Å². The van der Waals surface area contributed by atoms with Crippen LogP contribution in [0.1, 0.15) is 12.2 Å². The van der Waals surface area contributed by atoms with Gasteiger partial charge in [-0.15, -0.1) is 10.2 Å². The van der Waals surface area contributed by atoms with Gasteiger partial charge in [0.1, 0.15) is 6.33 Å². The molecule has 3 rings (SSSR count). The summed E-state index contributed by atoms with van der Waals surface area (Å²) in [5.74, 6) is 0.656. The van der Waals surface area contributed by atoms with Gasteiger partial charge >= 0.3 is 0 Å². The van der Waals surface area contributed by atoms with Gasteiger partial charge in [-0.3, -0.25) is 9.36 Å². The lowest BCUT2D eigenvalue weighted by molar-refractivity contribution is -0.123. The number of amides is 1. The Labute approximate surface area is 128 Å². The molecule has 0 unspecified atom stereocenters. The van der Waals surface area contributed by atoms with Crippen LogP contribution < -0.4 is 10.6 Å². The maximum atomic E-state index is 12.2. The zero-order valence-electron chi connectivity index (χ0n) is 12.4. The van der Waals surface area contributed by atoms with E-state index in [1.54, 1.807) is 13.4 Å². The molecule has 2 N–H and O–H groups in total. The van der Waals surface area contributed by atoms with Crippen molar-refractivity contribution in [1.29, 1.82) is 0 Å². The Bertz CT molecular complexity index is 628. The Hall–Kier alpha value is -2.25. The van der Waals surface area contributed by atoms with Crippen LogP contribution in [0, 0.1) is 0 Å². The van der Waals surface area contributed by atoms with Crippen LogP contribution in [0.4, 0.5) is 0 Å². The summed E-state index contributed by atoms with van der Waals surface area (Å²) >= 11 is 0. The fourth-order valence-electron chi connectivity index (χ4n) is 2.56. The van der Waals surface area contributed by atoms with Crippen molar-refractivity contribution in [1.82, 2.24) is 25.4 Å². The molecule has 0 aliphatic carbocycles. The van der Waals surface area contributed by atoms with Gasteiger partial charge in [0.05, 0.1) is 18.7 Å². The molecule has 1 saturated heterocycles. The molecule has 1 fully saturated rings. The van der Waals surface area contributed by atoms with E-state index < -0.39 is 0 Å². The molecule has 22 heavy (non-hydrogen) atoms. The molecule has 2 aromatic rings. The third-order valence-electron chi connectivity index (χ3n) is 3.81. The Balaban J connectivity index is 1.61. The highest BCUT2D eigenvalue weighted by molar-refractivity contribution is 5.82. The van der Waals surface area contributed by atoms with Crippen LogP contribution in [0.25, 0.3) is 5.69 Å². The fraction of sp³-hybridized carbons (Fsp3) is 0.400. The molecule has 0 bridgehead atoms. The number of benzene rings is 1. The molecule has 0 spiro atoms. The van der Waals surface area contributed by atoms with Gasteiger partial charge in [0, 0.05) is 19.3 Å². The van der Waals surface area contributed by atoms with Crippen molar-refractivity contribution in [2.45, 2.75) is 25.1 Å². The number of nitrogens with one attached hydrogen (secondary N) is 2. The van der Waals surface area contributed by atoms with Gasteiger partial charge in [0.25, 0.3) is 0 Å². The Morgan fingerprint density at radius 2 is 2.27 bits per heavy atom. The van der Waals surface area contributed by atoms with Gasteiger partial charge in [-0.1, -0.05) is 18.2 Å². The van der Waals surface area contributed by atoms with Gasteiger partial charge in [0.15, 0.2) is 5.82 Å². The first-order valence-corrected chi connectivity index (χ1v) is 7.26. The third kappa shape index (κ3) is 3.15. The van der Waals surface area contributed by atoms with E-state index >= 15 is 0 Å². The summed E-state index contributed by atoms with van der Waals surface area (Å²) in [6, 6.07) is 9.58. The summed E-state index contributed by atoms with van der Waals surface area (Å²) in [6.45, 7) is 1.04. The number of carbonyl (C=O) groups excluding carboxylic acids is 1. The standard InChI is InChI=1S/C15H19N5O2/c1-22-12-7-13(16-8-12)15(21)17-9-14-19-18-10-20(14)11-5-3-2-4-6-11/h2-6,10,12-13,16H,7-9H2,1H3,(H,17,21)/t12-,13+/m0/s1. The molecular weight excluding hydrogens is 282 g/mol. The second kappa shape index (κ2) is 6.67. The van der Waals surface area contributed by atoms with Crippen molar-refractivity contribution in [2.75, 3.05) is 13.7 Å². The molecule has 2 heterocycles. The van der Waals surface area contributed by atoms with E-state index in [9.17, 15) is 4.79 Å². The molecule has 7 heteroatoms. The second-order valence-corrected chi connectivity index (χ2v) is 5.22. The van der Waals surface area contributed by atoms with Crippen molar-refractivity contribution in [3.8, 4) is 5.69 Å². The quantitative estimate of drug-likeness (QED) is 0.828. The third-order valence-corrected chi connectivity index (χ3v) is 3.81. The van der Waals surface area contributed by atoms with Crippen molar-refractivity contribution in [3.63, 3.8) is 0 Å². The van der Waals surface area contributed by atoms with Crippen LogP contribution in [-0.2, 0) is 16.1 Å². The number of hydrogen-bond donors (Lipinski definition) is 2. The van der Waals surface area contributed by atoms with Gasteiger partial charge < -0.3 is 15.4 Å². The van der Waals surface area contributed by atoms with Gasteiger partial charge in [-0.2, -0.15) is 0 Å². The minimum absolute atomic E-state index is 0.0397. The van der Waals surface area contributed by atoms with Crippen LogP contribution in [0.2, 0.25) is 0 Å². The highest BCUT2D eigenvalue weighted by atomic mass is 16.5. The highest BCUT2D eigenvalue weighted by Gasteiger charge is 2.29. The molecule has 1 amide bonds.